The summed E-state index contributed by atoms with van der Waals surface area (Å²) in [5.41, 5.74) is 4.52. The number of H-pyrrole nitrogens is 1. The molecular formula is C16H18BrN3S. The number of nitrogens with one attached hydrogen (secondary N) is 1. The van der Waals surface area contributed by atoms with Crippen LogP contribution < -0.4 is 0 Å². The van der Waals surface area contributed by atoms with Crippen molar-refractivity contribution in [1.29, 1.82) is 0 Å². The van der Waals surface area contributed by atoms with Crippen molar-refractivity contribution in [1.82, 2.24) is 15.4 Å². The summed E-state index contributed by atoms with van der Waals surface area (Å²) in [7, 11) is 0. The Morgan fingerprint density at radius 2 is 2.14 bits per heavy atom. The van der Waals surface area contributed by atoms with Gasteiger partial charge in [0.25, 0.3) is 0 Å². The summed E-state index contributed by atoms with van der Waals surface area (Å²) in [6.07, 6.45) is 6.42. The molecule has 2 aromatic heterocycles. The van der Waals surface area contributed by atoms with E-state index in [0.717, 1.165) is 15.5 Å². The van der Waals surface area contributed by atoms with E-state index in [9.17, 15) is 0 Å². The first-order chi connectivity index (χ1) is 10.3. The van der Waals surface area contributed by atoms with Gasteiger partial charge in [0.15, 0.2) is 0 Å². The minimum absolute atomic E-state index is 0.894. The van der Waals surface area contributed by atoms with Gasteiger partial charge in [-0.2, -0.15) is 0 Å². The summed E-state index contributed by atoms with van der Waals surface area (Å²) in [5.74, 6) is 0. The number of aromatic nitrogens is 3. The second-order valence-corrected chi connectivity index (χ2v) is 7.03. The van der Waals surface area contributed by atoms with E-state index in [0.29, 0.717) is 0 Å². The van der Waals surface area contributed by atoms with E-state index < -0.39 is 0 Å². The van der Waals surface area contributed by atoms with E-state index >= 15 is 0 Å². The molecule has 0 saturated heterocycles. The van der Waals surface area contributed by atoms with Crippen molar-refractivity contribution in [3.8, 4) is 10.4 Å². The lowest BCUT2D eigenvalue weighted by Gasteiger charge is -2.00. The van der Waals surface area contributed by atoms with Gasteiger partial charge in [-0.15, -0.1) is 16.4 Å². The predicted molar refractivity (Wildman–Crippen MR) is 92.7 cm³/mol. The van der Waals surface area contributed by atoms with E-state index in [1.807, 2.05) is 6.07 Å². The van der Waals surface area contributed by atoms with Crippen LogP contribution in [0.1, 0.15) is 38.2 Å². The third-order valence-electron chi connectivity index (χ3n) is 3.68. The zero-order valence-corrected chi connectivity index (χ0v) is 14.4. The molecular weight excluding hydrogens is 346 g/mol. The van der Waals surface area contributed by atoms with Gasteiger partial charge in [-0.25, -0.2) is 0 Å². The molecule has 0 fully saturated rings. The molecule has 21 heavy (non-hydrogen) atoms. The first kappa shape index (κ1) is 14.7. The number of benzene rings is 1. The van der Waals surface area contributed by atoms with E-state index in [4.69, 9.17) is 0 Å². The Balaban J connectivity index is 1.82. The highest BCUT2D eigenvalue weighted by Crippen LogP contribution is 2.34. The number of halogens is 1. The highest BCUT2D eigenvalue weighted by molar-refractivity contribution is 9.10. The van der Waals surface area contributed by atoms with Crippen LogP contribution >= 0.6 is 27.3 Å². The lowest BCUT2D eigenvalue weighted by molar-refractivity contribution is 0.667. The van der Waals surface area contributed by atoms with Crippen molar-refractivity contribution in [3.05, 3.63) is 33.6 Å². The second kappa shape index (κ2) is 6.71. The molecule has 3 aromatic rings. The number of fused-ring (bicyclic) bond motifs is 1. The first-order valence-electron chi connectivity index (χ1n) is 7.36. The summed E-state index contributed by atoms with van der Waals surface area (Å²) in [6.45, 7) is 2.25. The fourth-order valence-corrected chi connectivity index (χ4v) is 3.90. The molecule has 5 heteroatoms. The van der Waals surface area contributed by atoms with Crippen molar-refractivity contribution in [2.75, 3.05) is 0 Å². The number of unbranched alkanes of at least 4 members (excludes halogenated alkanes) is 3. The lowest BCUT2D eigenvalue weighted by atomic mass is 10.1. The highest BCUT2D eigenvalue weighted by Gasteiger charge is 2.11. The molecule has 0 atom stereocenters. The normalized spacial score (nSPS) is 11.3. The van der Waals surface area contributed by atoms with Crippen LogP contribution in [0.25, 0.3) is 21.5 Å². The van der Waals surface area contributed by atoms with Gasteiger partial charge in [0.1, 0.15) is 5.52 Å². The number of aromatic amines is 1. The molecule has 0 spiro atoms. The van der Waals surface area contributed by atoms with Gasteiger partial charge >= 0.3 is 0 Å². The minimum Gasteiger partial charge on any atom is -0.257 e. The molecule has 110 valence electrons. The Morgan fingerprint density at radius 3 is 3.00 bits per heavy atom. The van der Waals surface area contributed by atoms with Crippen LogP contribution in [0.3, 0.4) is 0 Å². The topological polar surface area (TPSA) is 41.6 Å². The highest BCUT2D eigenvalue weighted by atomic mass is 79.9. The summed E-state index contributed by atoms with van der Waals surface area (Å²) in [4.78, 5) is 1.28. The molecule has 0 saturated carbocycles. The van der Waals surface area contributed by atoms with Crippen molar-refractivity contribution in [2.24, 2.45) is 0 Å². The second-order valence-electron chi connectivity index (χ2n) is 5.26. The number of rotatable bonds is 6. The lowest BCUT2D eigenvalue weighted by Crippen LogP contribution is -1.83. The molecule has 0 aliphatic heterocycles. The zero-order valence-electron chi connectivity index (χ0n) is 12.0. The fraction of sp³-hybridized carbons (Fsp3) is 0.375. The largest absolute Gasteiger partial charge is 0.257 e. The van der Waals surface area contributed by atoms with E-state index in [1.165, 1.54) is 48.1 Å². The third-order valence-corrected chi connectivity index (χ3v) is 5.33. The van der Waals surface area contributed by atoms with E-state index in [1.54, 1.807) is 11.3 Å². The summed E-state index contributed by atoms with van der Waals surface area (Å²) < 4.78 is 0.978. The van der Waals surface area contributed by atoms with Crippen molar-refractivity contribution in [2.45, 2.75) is 39.0 Å². The Labute approximate surface area is 136 Å². The molecule has 0 bridgehead atoms. The first-order valence-corrected chi connectivity index (χ1v) is 9.04. The molecule has 0 unspecified atom stereocenters. The SMILES string of the molecule is CCCCCCc1csc(-c2ccc(Br)c3nn[nH]c23)c1. The van der Waals surface area contributed by atoms with Gasteiger partial charge in [0.05, 0.1) is 5.52 Å². The monoisotopic (exact) mass is 363 g/mol. The number of hydrogen-bond acceptors (Lipinski definition) is 3. The van der Waals surface area contributed by atoms with Crippen LogP contribution in [0.5, 0.6) is 0 Å². The van der Waals surface area contributed by atoms with Crippen LogP contribution in [0.4, 0.5) is 0 Å². The molecule has 0 radical (unpaired) electrons. The number of aryl methyl sites for hydroxylation is 1. The molecule has 1 aromatic carbocycles. The molecule has 0 amide bonds. The van der Waals surface area contributed by atoms with Crippen LogP contribution in [-0.2, 0) is 6.42 Å². The van der Waals surface area contributed by atoms with Crippen molar-refractivity contribution in [3.63, 3.8) is 0 Å². The van der Waals surface area contributed by atoms with Gasteiger partial charge in [-0.3, -0.25) is 5.10 Å². The minimum atomic E-state index is 0.894. The summed E-state index contributed by atoms with van der Waals surface area (Å²) >= 11 is 5.32. The van der Waals surface area contributed by atoms with Crippen molar-refractivity contribution < 1.29 is 0 Å². The smallest absolute Gasteiger partial charge is 0.127 e. The van der Waals surface area contributed by atoms with Crippen LogP contribution in [-0.4, -0.2) is 15.4 Å². The van der Waals surface area contributed by atoms with Gasteiger partial charge < -0.3 is 0 Å². The third kappa shape index (κ3) is 3.19. The molecule has 0 aliphatic rings. The Kier molecular flexibility index (Phi) is 4.70. The summed E-state index contributed by atoms with van der Waals surface area (Å²) in [6, 6.07) is 6.47. The summed E-state index contributed by atoms with van der Waals surface area (Å²) in [5, 5.41) is 13.3. The van der Waals surface area contributed by atoms with Crippen LogP contribution in [0.2, 0.25) is 0 Å². The molecule has 0 aliphatic carbocycles. The zero-order chi connectivity index (χ0) is 14.7. The van der Waals surface area contributed by atoms with Gasteiger partial charge in [-0.05, 0) is 51.8 Å². The quantitative estimate of drug-likeness (QED) is 0.581. The average Bonchev–Trinajstić information content (AvgIpc) is 3.14. The molecule has 1 N–H and O–H groups in total. The van der Waals surface area contributed by atoms with Crippen LogP contribution in [0, 0.1) is 0 Å². The Morgan fingerprint density at radius 1 is 1.24 bits per heavy atom. The van der Waals surface area contributed by atoms with E-state index in [-0.39, 0.29) is 0 Å². The molecule has 3 rings (SSSR count). The maximum absolute atomic E-state index is 4.13. The van der Waals surface area contributed by atoms with Crippen LogP contribution in [0.15, 0.2) is 28.1 Å². The van der Waals surface area contributed by atoms with Gasteiger partial charge in [0, 0.05) is 14.9 Å². The van der Waals surface area contributed by atoms with Crippen molar-refractivity contribution >= 4 is 38.3 Å². The Hall–Kier alpha value is -1.20. The average molecular weight is 364 g/mol. The Bertz CT molecular complexity index is 732. The maximum atomic E-state index is 4.13. The number of thiophene rings is 1. The standard InChI is InChI=1S/C16H18BrN3S/c1-2-3-4-5-6-11-9-14(21-10-11)12-7-8-13(17)16-15(12)18-20-19-16/h7-10H,2-6H2,1H3,(H,18,19,20). The van der Waals surface area contributed by atoms with Gasteiger partial charge in [-0.1, -0.05) is 37.5 Å². The van der Waals surface area contributed by atoms with Gasteiger partial charge in [0.2, 0.25) is 0 Å². The van der Waals surface area contributed by atoms with E-state index in [2.05, 4.69) is 55.8 Å². The predicted octanol–water partition coefficient (Wildman–Crippen LogP) is 5.57. The molecule has 3 nitrogen and oxygen atoms in total. The fourth-order valence-electron chi connectivity index (χ4n) is 2.51. The number of hydrogen-bond donors (Lipinski definition) is 1. The maximum Gasteiger partial charge on any atom is 0.127 e. The number of nitrogens with zero attached hydrogens (tertiary/aromatic N) is 2. The molecule has 2 heterocycles.